The fraction of sp³-hybridized carbons (Fsp3) is 0.214. The Balaban J connectivity index is 1.58. The van der Waals surface area contributed by atoms with Crippen LogP contribution in [0.2, 0.25) is 0 Å². The van der Waals surface area contributed by atoms with Crippen LogP contribution in [-0.2, 0) is 6.42 Å². The Labute approximate surface area is 125 Å². The molecule has 4 nitrogen and oxygen atoms in total. The van der Waals surface area contributed by atoms with Crippen molar-refractivity contribution in [3.8, 4) is 11.4 Å². The number of rotatable bonds is 5. The van der Waals surface area contributed by atoms with Crippen LogP contribution in [-0.4, -0.2) is 20.9 Å². The molecule has 0 aliphatic rings. The Hall–Kier alpha value is -1.79. The van der Waals surface area contributed by atoms with E-state index >= 15 is 0 Å². The van der Waals surface area contributed by atoms with Gasteiger partial charge in [-0.15, -0.1) is 11.3 Å². The maximum absolute atomic E-state index is 4.50. The Morgan fingerprint density at radius 3 is 2.80 bits per heavy atom. The molecule has 0 aliphatic carbocycles. The minimum atomic E-state index is 0.781. The topological polar surface area (TPSA) is 50.7 Å². The number of thiazole rings is 1. The molecule has 0 spiro atoms. The second kappa shape index (κ2) is 6.11. The van der Waals surface area contributed by atoms with E-state index in [1.807, 2.05) is 36.5 Å². The number of hydrogen-bond acceptors (Lipinski definition) is 6. The van der Waals surface area contributed by atoms with Gasteiger partial charge in [-0.2, -0.15) is 9.36 Å². The van der Waals surface area contributed by atoms with E-state index in [1.54, 1.807) is 11.3 Å². The first-order valence-corrected chi connectivity index (χ1v) is 7.94. The van der Waals surface area contributed by atoms with Crippen molar-refractivity contribution in [1.82, 2.24) is 14.3 Å². The SMILES string of the molecule is Cc1cnc(CCNc2nc(-c3ccccc3)ns2)s1. The zero-order chi connectivity index (χ0) is 13.8. The Morgan fingerprint density at radius 1 is 1.20 bits per heavy atom. The van der Waals surface area contributed by atoms with Crippen molar-refractivity contribution in [3.63, 3.8) is 0 Å². The summed E-state index contributed by atoms with van der Waals surface area (Å²) in [5.74, 6) is 0.781. The fourth-order valence-electron chi connectivity index (χ4n) is 1.79. The van der Waals surface area contributed by atoms with Crippen LogP contribution >= 0.6 is 22.9 Å². The minimum absolute atomic E-state index is 0.781. The highest BCUT2D eigenvalue weighted by molar-refractivity contribution is 7.11. The largest absolute Gasteiger partial charge is 0.360 e. The molecule has 102 valence electrons. The first kappa shape index (κ1) is 13.2. The molecule has 0 aliphatic heterocycles. The Morgan fingerprint density at radius 2 is 2.05 bits per heavy atom. The van der Waals surface area contributed by atoms with Gasteiger partial charge in [-0.25, -0.2) is 4.98 Å². The highest BCUT2D eigenvalue weighted by Crippen LogP contribution is 2.20. The standard InChI is InChI=1S/C14H14N4S2/c1-10-9-16-12(19-10)7-8-15-14-17-13(18-20-14)11-5-3-2-4-6-11/h2-6,9H,7-8H2,1H3,(H,15,17,18). The molecule has 0 atom stereocenters. The summed E-state index contributed by atoms with van der Waals surface area (Å²) in [4.78, 5) is 10.1. The van der Waals surface area contributed by atoms with E-state index in [-0.39, 0.29) is 0 Å². The van der Waals surface area contributed by atoms with Gasteiger partial charge in [0.05, 0.1) is 5.01 Å². The molecule has 2 aromatic heterocycles. The molecule has 0 fully saturated rings. The number of benzene rings is 1. The first-order chi connectivity index (χ1) is 9.81. The summed E-state index contributed by atoms with van der Waals surface area (Å²) in [5.41, 5.74) is 1.05. The zero-order valence-corrected chi connectivity index (χ0v) is 12.7. The van der Waals surface area contributed by atoms with Gasteiger partial charge < -0.3 is 5.32 Å². The summed E-state index contributed by atoms with van der Waals surface area (Å²) in [6, 6.07) is 10.0. The molecule has 0 bridgehead atoms. The Kier molecular flexibility index (Phi) is 4.03. The number of nitrogens with zero attached hydrogens (tertiary/aromatic N) is 3. The second-order valence-corrected chi connectivity index (χ2v) is 6.40. The van der Waals surface area contributed by atoms with Crippen molar-refractivity contribution >= 4 is 28.0 Å². The summed E-state index contributed by atoms with van der Waals surface area (Å²) in [6.07, 6.45) is 2.83. The minimum Gasteiger partial charge on any atom is -0.360 e. The van der Waals surface area contributed by atoms with Gasteiger partial charge in [0, 0.05) is 41.1 Å². The van der Waals surface area contributed by atoms with Gasteiger partial charge in [0.1, 0.15) is 0 Å². The van der Waals surface area contributed by atoms with Crippen LogP contribution in [0.25, 0.3) is 11.4 Å². The highest BCUT2D eigenvalue weighted by atomic mass is 32.1. The van der Waals surface area contributed by atoms with Gasteiger partial charge in [-0.1, -0.05) is 30.3 Å². The lowest BCUT2D eigenvalue weighted by molar-refractivity contribution is 0.994. The quantitative estimate of drug-likeness (QED) is 0.782. The van der Waals surface area contributed by atoms with Crippen LogP contribution < -0.4 is 5.32 Å². The Bertz CT molecular complexity index is 675. The van der Waals surface area contributed by atoms with E-state index < -0.39 is 0 Å². The summed E-state index contributed by atoms with van der Waals surface area (Å²) >= 11 is 3.14. The molecule has 3 aromatic rings. The molecule has 0 saturated carbocycles. The lowest BCUT2D eigenvalue weighted by Gasteiger charge is -1.98. The average Bonchev–Trinajstić information content (AvgIpc) is 3.09. The molecular weight excluding hydrogens is 288 g/mol. The molecule has 0 amide bonds. The smallest absolute Gasteiger partial charge is 0.202 e. The van der Waals surface area contributed by atoms with Gasteiger partial charge in [0.25, 0.3) is 0 Å². The number of nitrogens with one attached hydrogen (secondary N) is 1. The molecule has 1 aromatic carbocycles. The van der Waals surface area contributed by atoms with E-state index in [1.165, 1.54) is 16.4 Å². The average molecular weight is 302 g/mol. The maximum Gasteiger partial charge on any atom is 0.202 e. The van der Waals surface area contributed by atoms with E-state index in [9.17, 15) is 0 Å². The lowest BCUT2D eigenvalue weighted by Crippen LogP contribution is -2.04. The zero-order valence-electron chi connectivity index (χ0n) is 11.0. The summed E-state index contributed by atoms with van der Waals surface area (Å²) < 4.78 is 4.37. The molecular formula is C14H14N4S2. The second-order valence-electron chi connectivity index (χ2n) is 4.33. The number of aryl methyl sites for hydroxylation is 1. The first-order valence-electron chi connectivity index (χ1n) is 6.35. The van der Waals surface area contributed by atoms with E-state index in [0.29, 0.717) is 0 Å². The van der Waals surface area contributed by atoms with Crippen LogP contribution in [0.1, 0.15) is 9.88 Å². The van der Waals surface area contributed by atoms with E-state index in [4.69, 9.17) is 0 Å². The van der Waals surface area contributed by atoms with Crippen LogP contribution in [0.3, 0.4) is 0 Å². The van der Waals surface area contributed by atoms with Crippen molar-refractivity contribution < 1.29 is 0 Å². The molecule has 3 rings (SSSR count). The summed E-state index contributed by atoms with van der Waals surface area (Å²) in [7, 11) is 0. The molecule has 0 saturated heterocycles. The van der Waals surface area contributed by atoms with Gasteiger partial charge >= 0.3 is 0 Å². The van der Waals surface area contributed by atoms with Crippen molar-refractivity contribution in [3.05, 3.63) is 46.4 Å². The van der Waals surface area contributed by atoms with Gasteiger partial charge in [0.2, 0.25) is 5.13 Å². The lowest BCUT2D eigenvalue weighted by atomic mass is 10.2. The third-order valence-electron chi connectivity index (χ3n) is 2.74. The molecule has 2 heterocycles. The van der Waals surface area contributed by atoms with E-state index in [2.05, 4.69) is 26.6 Å². The monoisotopic (exact) mass is 302 g/mol. The normalized spacial score (nSPS) is 10.7. The van der Waals surface area contributed by atoms with Crippen molar-refractivity contribution in [1.29, 1.82) is 0 Å². The van der Waals surface area contributed by atoms with E-state index in [0.717, 1.165) is 34.5 Å². The van der Waals surface area contributed by atoms with Crippen molar-refractivity contribution in [2.45, 2.75) is 13.3 Å². The highest BCUT2D eigenvalue weighted by Gasteiger charge is 2.06. The number of aromatic nitrogens is 3. The molecule has 20 heavy (non-hydrogen) atoms. The van der Waals surface area contributed by atoms with Crippen LogP contribution in [0.15, 0.2) is 36.5 Å². The summed E-state index contributed by atoms with van der Waals surface area (Å²) in [5, 5.41) is 5.32. The third kappa shape index (κ3) is 3.20. The molecule has 6 heteroatoms. The predicted molar refractivity (Wildman–Crippen MR) is 84.4 cm³/mol. The van der Waals surface area contributed by atoms with Gasteiger partial charge in [-0.05, 0) is 6.92 Å². The maximum atomic E-state index is 4.50. The van der Waals surface area contributed by atoms with Crippen LogP contribution in [0, 0.1) is 6.92 Å². The van der Waals surface area contributed by atoms with Crippen molar-refractivity contribution in [2.24, 2.45) is 0 Å². The number of hydrogen-bond donors (Lipinski definition) is 1. The van der Waals surface area contributed by atoms with Gasteiger partial charge in [-0.3, -0.25) is 0 Å². The molecule has 1 N–H and O–H groups in total. The molecule has 0 radical (unpaired) electrons. The number of anilines is 1. The van der Waals surface area contributed by atoms with Crippen LogP contribution in [0.4, 0.5) is 5.13 Å². The summed E-state index contributed by atoms with van der Waals surface area (Å²) in [6.45, 7) is 2.90. The third-order valence-corrected chi connectivity index (χ3v) is 4.39. The predicted octanol–water partition coefficient (Wildman–Crippen LogP) is 3.62. The van der Waals surface area contributed by atoms with Gasteiger partial charge in [0.15, 0.2) is 5.82 Å². The fourth-order valence-corrected chi connectivity index (χ4v) is 3.19. The molecule has 0 unspecified atom stereocenters. The van der Waals surface area contributed by atoms with Crippen LogP contribution in [0.5, 0.6) is 0 Å². The van der Waals surface area contributed by atoms with Crippen molar-refractivity contribution in [2.75, 3.05) is 11.9 Å².